The second kappa shape index (κ2) is 7.65. The molecule has 1 atom stereocenters. The molecule has 8 nitrogen and oxygen atoms in total. The number of nitrogens with zero attached hydrogens (tertiary/aromatic N) is 6. The summed E-state index contributed by atoms with van der Waals surface area (Å²) in [6.07, 6.45) is 3.81. The van der Waals surface area contributed by atoms with Gasteiger partial charge in [-0.3, -0.25) is 4.79 Å². The van der Waals surface area contributed by atoms with Crippen molar-refractivity contribution in [2.24, 2.45) is 0 Å². The predicted molar refractivity (Wildman–Crippen MR) is 126 cm³/mol. The van der Waals surface area contributed by atoms with Crippen molar-refractivity contribution in [3.63, 3.8) is 0 Å². The van der Waals surface area contributed by atoms with Gasteiger partial charge in [0.05, 0.1) is 29.5 Å². The SMILES string of the molecule is C=C1CC(c2nc3ccc(C(C)(C)C)cc3[nH]2)N(C(=O)c2nc(C)ccc2-n2nccn2)C1. The average molecular weight is 442 g/mol. The number of carbonyl (C=O) groups is 1. The molecule has 1 aromatic carbocycles. The topological polar surface area (TPSA) is 92.6 Å². The van der Waals surface area contributed by atoms with Gasteiger partial charge in [-0.05, 0) is 48.6 Å². The molecule has 3 aromatic heterocycles. The van der Waals surface area contributed by atoms with Gasteiger partial charge in [0.2, 0.25) is 0 Å². The van der Waals surface area contributed by atoms with Crippen LogP contribution in [0.5, 0.6) is 0 Å². The minimum Gasteiger partial charge on any atom is -0.340 e. The highest BCUT2D eigenvalue weighted by molar-refractivity contribution is 5.96. The van der Waals surface area contributed by atoms with Gasteiger partial charge in [-0.25, -0.2) is 9.97 Å². The zero-order valence-electron chi connectivity index (χ0n) is 19.3. The Labute approximate surface area is 192 Å². The Morgan fingerprint density at radius 2 is 1.88 bits per heavy atom. The van der Waals surface area contributed by atoms with Gasteiger partial charge in [0, 0.05) is 12.2 Å². The van der Waals surface area contributed by atoms with Gasteiger partial charge in [-0.1, -0.05) is 39.0 Å². The van der Waals surface area contributed by atoms with Crippen molar-refractivity contribution in [2.75, 3.05) is 6.54 Å². The highest BCUT2D eigenvalue weighted by Gasteiger charge is 2.36. The molecule has 8 heteroatoms. The number of fused-ring (bicyclic) bond motifs is 1. The number of imidazole rings is 1. The first-order valence-corrected chi connectivity index (χ1v) is 11.0. The van der Waals surface area contributed by atoms with E-state index in [4.69, 9.17) is 4.98 Å². The normalized spacial score (nSPS) is 16.7. The standard InChI is InChI=1S/C25H27N7O/c1-15-12-21(23-29-18-8-7-17(25(3,4)5)13-19(18)30-23)31(14-15)24(33)22-20(9-6-16(2)28-22)32-26-10-11-27-32/h6-11,13,21H,1,12,14H2,2-5H3,(H,29,30). The lowest BCUT2D eigenvalue weighted by Gasteiger charge is -2.23. The Hall–Kier alpha value is -3.81. The number of H-pyrrole nitrogens is 1. The molecule has 4 aromatic rings. The minimum absolute atomic E-state index is 0.0386. The van der Waals surface area contributed by atoms with E-state index in [0.29, 0.717) is 24.3 Å². The van der Waals surface area contributed by atoms with E-state index in [0.717, 1.165) is 28.1 Å². The lowest BCUT2D eigenvalue weighted by atomic mass is 9.87. The molecule has 1 aliphatic rings. The number of aryl methyl sites for hydroxylation is 1. The van der Waals surface area contributed by atoms with Crippen LogP contribution in [0.3, 0.4) is 0 Å². The zero-order valence-corrected chi connectivity index (χ0v) is 19.3. The fourth-order valence-electron chi connectivity index (χ4n) is 4.25. The second-order valence-electron chi connectivity index (χ2n) is 9.65. The molecule has 1 amide bonds. The molecule has 1 fully saturated rings. The first-order valence-electron chi connectivity index (χ1n) is 11.0. The van der Waals surface area contributed by atoms with Crippen molar-refractivity contribution in [2.45, 2.75) is 45.6 Å². The van der Waals surface area contributed by atoms with Crippen LogP contribution in [-0.4, -0.2) is 47.3 Å². The van der Waals surface area contributed by atoms with Gasteiger partial charge in [-0.2, -0.15) is 10.2 Å². The van der Waals surface area contributed by atoms with E-state index in [9.17, 15) is 4.79 Å². The molecule has 4 heterocycles. The third kappa shape index (κ3) is 3.82. The average Bonchev–Trinajstić information content (AvgIpc) is 3.51. The molecule has 1 unspecified atom stereocenters. The number of aromatic amines is 1. The number of carbonyl (C=O) groups excluding carboxylic acids is 1. The summed E-state index contributed by atoms with van der Waals surface area (Å²) in [5.41, 5.74) is 5.72. The molecular weight excluding hydrogens is 414 g/mol. The fourth-order valence-corrected chi connectivity index (χ4v) is 4.25. The molecule has 1 N–H and O–H groups in total. The Balaban J connectivity index is 1.54. The quantitative estimate of drug-likeness (QED) is 0.479. The van der Waals surface area contributed by atoms with Crippen LogP contribution >= 0.6 is 0 Å². The van der Waals surface area contributed by atoms with E-state index in [1.165, 1.54) is 10.4 Å². The minimum atomic E-state index is -0.240. The molecule has 1 saturated heterocycles. The van der Waals surface area contributed by atoms with Crippen LogP contribution in [0.25, 0.3) is 16.7 Å². The van der Waals surface area contributed by atoms with E-state index in [1.807, 2.05) is 25.1 Å². The maximum atomic E-state index is 13.8. The van der Waals surface area contributed by atoms with E-state index in [-0.39, 0.29) is 17.4 Å². The molecule has 0 spiro atoms. The molecule has 0 saturated carbocycles. The smallest absolute Gasteiger partial charge is 0.275 e. The summed E-state index contributed by atoms with van der Waals surface area (Å²) in [6, 6.07) is 9.73. The maximum Gasteiger partial charge on any atom is 0.275 e. The summed E-state index contributed by atoms with van der Waals surface area (Å²) in [5, 5.41) is 8.39. The first-order chi connectivity index (χ1) is 15.7. The van der Waals surface area contributed by atoms with E-state index in [2.05, 4.69) is 59.6 Å². The third-order valence-electron chi connectivity index (χ3n) is 6.04. The molecule has 0 bridgehead atoms. The van der Waals surface area contributed by atoms with Crippen LogP contribution in [0.4, 0.5) is 0 Å². The first kappa shape index (κ1) is 21.1. The molecule has 0 radical (unpaired) electrons. The molecule has 1 aliphatic heterocycles. The highest BCUT2D eigenvalue weighted by atomic mass is 16.2. The number of pyridine rings is 1. The lowest BCUT2D eigenvalue weighted by Crippen LogP contribution is -2.33. The summed E-state index contributed by atoms with van der Waals surface area (Å²) in [5.74, 6) is 0.569. The predicted octanol–water partition coefficient (Wildman–Crippen LogP) is 4.29. The third-order valence-corrected chi connectivity index (χ3v) is 6.04. The molecule has 0 aliphatic carbocycles. The molecular formula is C25H27N7O. The van der Waals surface area contributed by atoms with Crippen LogP contribution in [0, 0.1) is 6.92 Å². The van der Waals surface area contributed by atoms with Gasteiger partial charge < -0.3 is 9.88 Å². The maximum absolute atomic E-state index is 13.8. The second-order valence-corrected chi connectivity index (χ2v) is 9.65. The summed E-state index contributed by atoms with van der Waals surface area (Å²) in [6.45, 7) is 13.0. The van der Waals surface area contributed by atoms with E-state index >= 15 is 0 Å². The summed E-state index contributed by atoms with van der Waals surface area (Å²) < 4.78 is 0. The lowest BCUT2D eigenvalue weighted by molar-refractivity contribution is 0.0726. The zero-order chi connectivity index (χ0) is 23.3. The Kier molecular flexibility index (Phi) is 4.88. The van der Waals surface area contributed by atoms with Crippen LogP contribution in [0.2, 0.25) is 0 Å². The van der Waals surface area contributed by atoms with Crippen molar-refractivity contribution >= 4 is 16.9 Å². The monoisotopic (exact) mass is 441 g/mol. The van der Waals surface area contributed by atoms with E-state index < -0.39 is 0 Å². The Bertz CT molecular complexity index is 1360. The van der Waals surface area contributed by atoms with Crippen molar-refractivity contribution in [3.8, 4) is 5.69 Å². The molecule has 168 valence electrons. The number of hydrogen-bond acceptors (Lipinski definition) is 5. The van der Waals surface area contributed by atoms with Crippen LogP contribution in [0.1, 0.15) is 60.8 Å². The van der Waals surface area contributed by atoms with Gasteiger partial charge >= 0.3 is 0 Å². The number of benzene rings is 1. The van der Waals surface area contributed by atoms with Gasteiger partial charge in [0.15, 0.2) is 5.69 Å². The van der Waals surface area contributed by atoms with Crippen molar-refractivity contribution in [3.05, 3.63) is 77.7 Å². The Morgan fingerprint density at radius 1 is 1.12 bits per heavy atom. The fraction of sp³-hybridized carbons (Fsp3) is 0.320. The number of nitrogens with one attached hydrogen (secondary N) is 1. The molecule has 33 heavy (non-hydrogen) atoms. The van der Waals surface area contributed by atoms with Crippen LogP contribution < -0.4 is 0 Å². The number of likely N-dealkylation sites (tertiary alicyclic amines) is 1. The summed E-state index contributed by atoms with van der Waals surface area (Å²) >= 11 is 0. The van der Waals surface area contributed by atoms with Crippen molar-refractivity contribution < 1.29 is 4.79 Å². The van der Waals surface area contributed by atoms with Crippen molar-refractivity contribution in [1.29, 1.82) is 0 Å². The summed E-state index contributed by atoms with van der Waals surface area (Å²) in [7, 11) is 0. The summed E-state index contributed by atoms with van der Waals surface area (Å²) in [4.78, 5) is 29.8. The van der Waals surface area contributed by atoms with E-state index in [1.54, 1.807) is 17.3 Å². The highest BCUT2D eigenvalue weighted by Crippen LogP contribution is 2.36. The van der Waals surface area contributed by atoms with Crippen LogP contribution in [-0.2, 0) is 5.41 Å². The van der Waals surface area contributed by atoms with Crippen LogP contribution in [0.15, 0.2) is 54.9 Å². The van der Waals surface area contributed by atoms with Gasteiger partial charge in [0.25, 0.3) is 5.91 Å². The van der Waals surface area contributed by atoms with Crippen molar-refractivity contribution in [1.82, 2.24) is 34.8 Å². The molecule has 5 rings (SSSR count). The number of hydrogen-bond donors (Lipinski definition) is 1. The van der Waals surface area contributed by atoms with Gasteiger partial charge in [0.1, 0.15) is 11.5 Å². The number of rotatable bonds is 3. The number of amides is 1. The largest absolute Gasteiger partial charge is 0.340 e. The Morgan fingerprint density at radius 3 is 2.61 bits per heavy atom. The number of aromatic nitrogens is 6. The van der Waals surface area contributed by atoms with Gasteiger partial charge in [-0.15, -0.1) is 4.80 Å².